The maximum atomic E-state index is 11.5. The van der Waals surface area contributed by atoms with E-state index in [0.29, 0.717) is 0 Å². The summed E-state index contributed by atoms with van der Waals surface area (Å²) < 4.78 is 0. The summed E-state index contributed by atoms with van der Waals surface area (Å²) in [5.41, 5.74) is -0.202. The number of halogens is 1. The molecular weight excluding hydrogens is 222 g/mol. The van der Waals surface area contributed by atoms with E-state index in [-0.39, 0.29) is 16.1 Å². The summed E-state index contributed by atoms with van der Waals surface area (Å²) in [5, 5.41) is 18.6. The fourth-order valence-electron chi connectivity index (χ4n) is 1.45. The zero-order valence-corrected chi connectivity index (χ0v) is 8.37. The van der Waals surface area contributed by atoms with Gasteiger partial charge in [0.1, 0.15) is 0 Å². The van der Waals surface area contributed by atoms with Crippen LogP contribution in [-0.2, 0) is 0 Å². The van der Waals surface area contributed by atoms with Gasteiger partial charge in [-0.05, 0) is 6.07 Å². The van der Waals surface area contributed by atoms with Crippen molar-refractivity contribution in [1.82, 2.24) is 4.90 Å². The molecule has 0 saturated heterocycles. The van der Waals surface area contributed by atoms with Crippen LogP contribution in [0.1, 0.15) is 20.7 Å². The van der Waals surface area contributed by atoms with E-state index in [2.05, 4.69) is 0 Å². The highest BCUT2D eigenvalue weighted by Gasteiger charge is 2.37. The minimum absolute atomic E-state index is 0.00259. The molecule has 1 aromatic rings. The van der Waals surface area contributed by atoms with E-state index in [1.807, 2.05) is 0 Å². The van der Waals surface area contributed by atoms with E-state index in [9.17, 15) is 19.8 Å². The molecule has 1 aromatic carbocycles. The number of amides is 2. The number of rotatable bonds is 0. The molecular formula is C9H6ClNO4. The second-order valence-corrected chi connectivity index (χ2v) is 3.55. The maximum absolute atomic E-state index is 11.5. The summed E-state index contributed by atoms with van der Waals surface area (Å²) in [6, 6.07) is 1.16. The van der Waals surface area contributed by atoms with Crippen LogP contribution in [-0.4, -0.2) is 34.0 Å². The van der Waals surface area contributed by atoms with Crippen molar-refractivity contribution in [3.05, 3.63) is 22.2 Å². The average molecular weight is 228 g/mol. The van der Waals surface area contributed by atoms with Crippen molar-refractivity contribution in [1.29, 1.82) is 0 Å². The Balaban J connectivity index is 2.81. The number of phenolic OH excluding ortho intramolecular Hbond substituents is 2. The highest BCUT2D eigenvalue weighted by Crippen LogP contribution is 2.41. The van der Waals surface area contributed by atoms with E-state index in [1.165, 1.54) is 7.05 Å². The van der Waals surface area contributed by atoms with Gasteiger partial charge in [0.2, 0.25) is 0 Å². The molecule has 78 valence electrons. The lowest BCUT2D eigenvalue weighted by Gasteiger charge is -2.03. The molecule has 0 aromatic heterocycles. The van der Waals surface area contributed by atoms with Crippen LogP contribution in [0.2, 0.25) is 5.02 Å². The van der Waals surface area contributed by atoms with Crippen molar-refractivity contribution in [2.45, 2.75) is 0 Å². The summed E-state index contributed by atoms with van der Waals surface area (Å²) in [6.07, 6.45) is 0. The van der Waals surface area contributed by atoms with Crippen LogP contribution in [0.25, 0.3) is 0 Å². The highest BCUT2D eigenvalue weighted by molar-refractivity contribution is 6.34. The smallest absolute Gasteiger partial charge is 0.265 e. The molecule has 0 radical (unpaired) electrons. The number of benzene rings is 1. The molecule has 0 saturated carbocycles. The lowest BCUT2D eigenvalue weighted by Crippen LogP contribution is -2.24. The lowest BCUT2D eigenvalue weighted by atomic mass is 10.1. The number of fused-ring (bicyclic) bond motifs is 1. The quantitative estimate of drug-likeness (QED) is 0.512. The number of hydrogen-bond donors (Lipinski definition) is 2. The van der Waals surface area contributed by atoms with Gasteiger partial charge >= 0.3 is 0 Å². The van der Waals surface area contributed by atoms with Crippen molar-refractivity contribution in [2.75, 3.05) is 7.05 Å². The van der Waals surface area contributed by atoms with Crippen LogP contribution in [0.3, 0.4) is 0 Å². The van der Waals surface area contributed by atoms with Crippen molar-refractivity contribution < 1.29 is 19.8 Å². The molecule has 2 rings (SSSR count). The van der Waals surface area contributed by atoms with E-state index in [1.54, 1.807) is 0 Å². The number of nitrogens with zero attached hydrogens (tertiary/aromatic N) is 1. The second kappa shape index (κ2) is 2.87. The topological polar surface area (TPSA) is 77.8 Å². The zero-order chi connectivity index (χ0) is 11.3. The highest BCUT2D eigenvalue weighted by atomic mass is 35.5. The van der Waals surface area contributed by atoms with Crippen LogP contribution in [0, 0.1) is 0 Å². The van der Waals surface area contributed by atoms with Gasteiger partial charge in [0.05, 0.1) is 16.1 Å². The van der Waals surface area contributed by atoms with Gasteiger partial charge in [-0.25, -0.2) is 0 Å². The maximum Gasteiger partial charge on any atom is 0.265 e. The number of phenols is 2. The summed E-state index contributed by atoms with van der Waals surface area (Å²) in [6.45, 7) is 0. The normalized spacial score (nSPS) is 14.7. The van der Waals surface area contributed by atoms with Crippen molar-refractivity contribution in [3.63, 3.8) is 0 Å². The molecule has 1 heterocycles. The molecule has 1 aliphatic heterocycles. The van der Waals surface area contributed by atoms with E-state index in [4.69, 9.17) is 11.6 Å². The van der Waals surface area contributed by atoms with Crippen LogP contribution in [0.5, 0.6) is 11.5 Å². The first-order valence-electron chi connectivity index (χ1n) is 4.02. The summed E-state index contributed by atoms with van der Waals surface area (Å²) in [5.74, 6) is -2.45. The number of carbonyl (C=O) groups is 2. The van der Waals surface area contributed by atoms with Crippen LogP contribution >= 0.6 is 11.6 Å². The van der Waals surface area contributed by atoms with Crippen molar-refractivity contribution in [3.8, 4) is 11.5 Å². The van der Waals surface area contributed by atoms with Crippen molar-refractivity contribution in [2.24, 2.45) is 0 Å². The summed E-state index contributed by atoms with van der Waals surface area (Å²) in [4.78, 5) is 23.8. The van der Waals surface area contributed by atoms with Crippen LogP contribution in [0.15, 0.2) is 6.07 Å². The second-order valence-electron chi connectivity index (χ2n) is 3.15. The standard InChI is InChI=1S/C9H6ClNO4/c1-11-8(14)3-2-4(10)6(12)7(13)5(3)9(11)15/h2,12-13H,1H3. The first-order valence-corrected chi connectivity index (χ1v) is 4.39. The van der Waals surface area contributed by atoms with Gasteiger partial charge in [0.25, 0.3) is 11.8 Å². The van der Waals surface area contributed by atoms with Gasteiger partial charge in [0.15, 0.2) is 11.5 Å². The van der Waals surface area contributed by atoms with Gasteiger partial charge in [0, 0.05) is 7.05 Å². The number of imide groups is 1. The predicted octanol–water partition coefficient (Wildman–Crippen LogP) is 0.977. The van der Waals surface area contributed by atoms with Gasteiger partial charge in [-0.3, -0.25) is 14.5 Å². The number of hydrogen-bond acceptors (Lipinski definition) is 4. The summed E-state index contributed by atoms with van der Waals surface area (Å²) in [7, 11) is 1.29. The lowest BCUT2D eigenvalue weighted by molar-refractivity contribution is 0.0692. The van der Waals surface area contributed by atoms with E-state index >= 15 is 0 Å². The third kappa shape index (κ3) is 1.10. The van der Waals surface area contributed by atoms with Crippen LogP contribution < -0.4 is 0 Å². The molecule has 5 nitrogen and oxygen atoms in total. The molecule has 6 heteroatoms. The Morgan fingerprint density at radius 1 is 1.20 bits per heavy atom. The van der Waals surface area contributed by atoms with Crippen LogP contribution in [0.4, 0.5) is 0 Å². The first kappa shape index (κ1) is 9.79. The largest absolute Gasteiger partial charge is 0.504 e. The SMILES string of the molecule is CN1C(=O)c2cc(Cl)c(O)c(O)c2C1=O. The minimum Gasteiger partial charge on any atom is -0.504 e. The Labute approximate surface area is 89.5 Å². The van der Waals surface area contributed by atoms with Gasteiger partial charge in [-0.2, -0.15) is 0 Å². The Hall–Kier alpha value is -1.75. The predicted molar refractivity (Wildman–Crippen MR) is 51.2 cm³/mol. The molecule has 0 bridgehead atoms. The Bertz CT molecular complexity index is 497. The van der Waals surface area contributed by atoms with Gasteiger partial charge in [-0.15, -0.1) is 0 Å². The fourth-order valence-corrected chi connectivity index (χ4v) is 1.65. The molecule has 0 fully saturated rings. The molecule has 0 unspecified atom stereocenters. The van der Waals surface area contributed by atoms with Crippen molar-refractivity contribution >= 4 is 23.4 Å². The Kier molecular flexibility index (Phi) is 1.87. The zero-order valence-electron chi connectivity index (χ0n) is 7.61. The van der Waals surface area contributed by atoms with Gasteiger partial charge < -0.3 is 10.2 Å². The monoisotopic (exact) mass is 227 g/mol. The molecule has 1 aliphatic rings. The molecule has 0 spiro atoms. The Morgan fingerprint density at radius 3 is 2.40 bits per heavy atom. The van der Waals surface area contributed by atoms with E-state index in [0.717, 1.165) is 11.0 Å². The summed E-state index contributed by atoms with van der Waals surface area (Å²) >= 11 is 5.57. The molecule has 0 atom stereocenters. The van der Waals surface area contributed by atoms with Gasteiger partial charge in [-0.1, -0.05) is 11.6 Å². The first-order chi connectivity index (χ1) is 6.95. The average Bonchev–Trinajstić information content (AvgIpc) is 2.40. The minimum atomic E-state index is -0.653. The molecule has 15 heavy (non-hydrogen) atoms. The number of carbonyl (C=O) groups excluding carboxylic acids is 2. The molecule has 2 amide bonds. The molecule has 2 N–H and O–H groups in total. The molecule has 0 aliphatic carbocycles. The fraction of sp³-hybridized carbons (Fsp3) is 0.111. The third-order valence-electron chi connectivity index (χ3n) is 2.28. The van der Waals surface area contributed by atoms with E-state index < -0.39 is 23.3 Å². The number of aromatic hydroxyl groups is 2. The third-order valence-corrected chi connectivity index (χ3v) is 2.57. The Morgan fingerprint density at radius 2 is 1.80 bits per heavy atom.